The summed E-state index contributed by atoms with van der Waals surface area (Å²) in [5.74, 6) is -0.563. The minimum absolute atomic E-state index is 0.0274. The number of carbonyl (C=O) groups excluding carboxylic acids is 2. The van der Waals surface area contributed by atoms with Gasteiger partial charge in [-0.25, -0.2) is 0 Å². The number of nitrogens with zero attached hydrogens (tertiary/aromatic N) is 1. The molecule has 0 rings (SSSR count). The van der Waals surface area contributed by atoms with E-state index in [1.807, 2.05) is 33.3 Å². The van der Waals surface area contributed by atoms with E-state index in [9.17, 15) is 19.0 Å². The van der Waals surface area contributed by atoms with Crippen molar-refractivity contribution in [3.05, 3.63) is 60.8 Å². The summed E-state index contributed by atoms with van der Waals surface area (Å²) in [5.41, 5.74) is 0. The maximum atomic E-state index is 13.5. The number of nitrogens with one attached hydrogen (secondary N) is 1. The van der Waals surface area contributed by atoms with Gasteiger partial charge >= 0.3 is 5.97 Å². The molecule has 0 fully saturated rings. The smallest absolute Gasteiger partial charge is 0.306 e. The standard InChI is InChI=1S/C69H129N2O7P/c1-7-10-13-16-19-22-25-28-30-32-33-34-35-36-37-38-39-40-42-44-47-50-53-56-59-62-69(73)78-67(60-57-54-51-48-45-27-24-21-18-15-12-9-3)66(65-77-79(74,75)76-64-63-71(4,5)6)70-68(72)61-58-55-52-49-46-43-41-31-29-26-23-20-17-14-11-8-2/h19,22,28,30-31,41,43,46,57,60,66-67H,7-18,20-21,23-27,29,32-40,42,44-45,47-56,58-59,61-65H2,1-6H3,(H-,70,72,74,75)/b22-19-,30-28-,41-31+,46-43+,60-57-. The van der Waals surface area contributed by atoms with Crippen LogP contribution in [0.15, 0.2) is 60.8 Å². The van der Waals surface area contributed by atoms with Crippen molar-refractivity contribution in [2.75, 3.05) is 40.9 Å². The summed E-state index contributed by atoms with van der Waals surface area (Å²) in [5, 5.41) is 3.02. The molecule has 0 aliphatic rings. The third-order valence-corrected chi connectivity index (χ3v) is 15.9. The van der Waals surface area contributed by atoms with E-state index < -0.39 is 26.6 Å². The van der Waals surface area contributed by atoms with Crippen LogP contribution < -0.4 is 10.2 Å². The summed E-state index contributed by atoms with van der Waals surface area (Å²) in [6.45, 7) is 6.82. The number of ether oxygens (including phenoxy) is 1. The van der Waals surface area contributed by atoms with Gasteiger partial charge in [0.1, 0.15) is 19.3 Å². The van der Waals surface area contributed by atoms with E-state index in [1.165, 1.54) is 205 Å². The lowest BCUT2D eigenvalue weighted by Crippen LogP contribution is -2.47. The van der Waals surface area contributed by atoms with Crippen molar-refractivity contribution in [2.45, 2.75) is 328 Å². The van der Waals surface area contributed by atoms with Crippen molar-refractivity contribution < 1.29 is 37.3 Å². The van der Waals surface area contributed by atoms with Crippen LogP contribution in [0.25, 0.3) is 0 Å². The van der Waals surface area contributed by atoms with Crippen LogP contribution in [0.3, 0.4) is 0 Å². The molecule has 79 heavy (non-hydrogen) atoms. The number of carbonyl (C=O) groups is 2. The quantitative estimate of drug-likeness (QED) is 0.0161. The zero-order valence-corrected chi connectivity index (χ0v) is 53.7. The highest BCUT2D eigenvalue weighted by molar-refractivity contribution is 7.45. The van der Waals surface area contributed by atoms with E-state index in [0.29, 0.717) is 17.4 Å². The molecule has 1 amide bonds. The second-order valence-corrected chi connectivity index (χ2v) is 25.4. The molecule has 9 nitrogen and oxygen atoms in total. The Bertz CT molecular complexity index is 1540. The number of hydrogen-bond acceptors (Lipinski definition) is 7. The van der Waals surface area contributed by atoms with Crippen LogP contribution in [0.5, 0.6) is 0 Å². The van der Waals surface area contributed by atoms with Crippen LogP contribution in [0.4, 0.5) is 0 Å². The Hall–Kier alpha value is -2.29. The molecular formula is C69H129N2O7P. The molecule has 0 radical (unpaired) electrons. The minimum atomic E-state index is -4.71. The number of likely N-dealkylation sites (N-methyl/N-ethyl adjacent to an activating group) is 1. The third kappa shape index (κ3) is 60.1. The number of amides is 1. The van der Waals surface area contributed by atoms with Gasteiger partial charge in [-0.1, -0.05) is 275 Å². The van der Waals surface area contributed by atoms with E-state index in [1.54, 1.807) is 0 Å². The summed E-state index contributed by atoms with van der Waals surface area (Å²) in [7, 11) is 1.17. The number of phosphoric ester groups is 1. The zero-order valence-electron chi connectivity index (χ0n) is 52.8. The Labute approximate surface area is 490 Å². The fourth-order valence-electron chi connectivity index (χ4n) is 9.72. The maximum Gasteiger partial charge on any atom is 0.306 e. The lowest BCUT2D eigenvalue weighted by molar-refractivity contribution is -0.870. The molecule has 0 aromatic rings. The van der Waals surface area contributed by atoms with E-state index >= 15 is 0 Å². The van der Waals surface area contributed by atoms with Gasteiger partial charge in [0.05, 0.1) is 33.8 Å². The third-order valence-electron chi connectivity index (χ3n) is 14.9. The molecule has 0 aromatic heterocycles. The zero-order chi connectivity index (χ0) is 57.9. The molecule has 1 N–H and O–H groups in total. The average molecular weight is 1130 g/mol. The number of quaternary nitrogens is 1. The van der Waals surface area contributed by atoms with E-state index in [2.05, 4.69) is 74.7 Å². The summed E-state index contributed by atoms with van der Waals surface area (Å²) in [6.07, 6.45) is 74.9. The highest BCUT2D eigenvalue weighted by atomic mass is 31.2. The first-order chi connectivity index (χ1) is 38.4. The van der Waals surface area contributed by atoms with Crippen LogP contribution in [0, 0.1) is 0 Å². The molecule has 0 aliphatic heterocycles. The minimum Gasteiger partial charge on any atom is -0.756 e. The largest absolute Gasteiger partial charge is 0.756 e. The van der Waals surface area contributed by atoms with E-state index in [4.69, 9.17) is 13.8 Å². The first-order valence-corrected chi connectivity index (χ1v) is 35.1. The monoisotopic (exact) mass is 1130 g/mol. The van der Waals surface area contributed by atoms with Gasteiger partial charge in [-0.3, -0.25) is 14.2 Å². The summed E-state index contributed by atoms with van der Waals surface area (Å²) in [4.78, 5) is 40.0. The van der Waals surface area contributed by atoms with Crippen molar-refractivity contribution in [3.63, 3.8) is 0 Å². The molecule has 3 atom stereocenters. The summed E-state index contributed by atoms with van der Waals surface area (Å²) in [6, 6.07) is -0.902. The van der Waals surface area contributed by atoms with Gasteiger partial charge in [0.2, 0.25) is 5.91 Å². The van der Waals surface area contributed by atoms with Gasteiger partial charge in [0.15, 0.2) is 0 Å². The molecule has 0 heterocycles. The number of allylic oxidation sites excluding steroid dienone is 9. The van der Waals surface area contributed by atoms with Gasteiger partial charge in [-0.05, 0) is 89.5 Å². The van der Waals surface area contributed by atoms with E-state index in [0.717, 1.165) is 70.6 Å². The average Bonchev–Trinajstić information content (AvgIpc) is 3.41. The number of hydrogen-bond donors (Lipinski definition) is 1. The Morgan fingerprint density at radius 1 is 0.456 bits per heavy atom. The first-order valence-electron chi connectivity index (χ1n) is 33.6. The fraction of sp³-hybridized carbons (Fsp3) is 0.826. The van der Waals surface area contributed by atoms with E-state index in [-0.39, 0.29) is 31.3 Å². The molecule has 3 unspecified atom stereocenters. The number of unbranched alkanes of at least 4 members (excludes halogenated alkanes) is 38. The number of rotatable bonds is 61. The SMILES string of the molecule is CCCCC/C=C\C/C=C\CCCCCCCCCCCCCCCCCC(=O)OC(/C=C\CCCCCCCCCCCC)C(COP(=O)([O-])OCC[N+](C)(C)C)NC(=O)CCCCC/C=C/C=C/CCCCCCCCC. The van der Waals surface area contributed by atoms with Crippen molar-refractivity contribution in [1.29, 1.82) is 0 Å². The van der Waals surface area contributed by atoms with Gasteiger partial charge in [-0.15, -0.1) is 0 Å². The number of esters is 1. The predicted molar refractivity (Wildman–Crippen MR) is 339 cm³/mol. The molecule has 462 valence electrons. The van der Waals surface area contributed by atoms with Crippen LogP contribution >= 0.6 is 7.82 Å². The Kier molecular flexibility index (Phi) is 57.2. The molecule has 0 spiro atoms. The Morgan fingerprint density at radius 3 is 1.25 bits per heavy atom. The van der Waals surface area contributed by atoms with Gasteiger partial charge in [0.25, 0.3) is 7.82 Å². The van der Waals surface area contributed by atoms with Crippen molar-refractivity contribution in [2.24, 2.45) is 0 Å². The normalized spacial score (nSPS) is 14.0. The molecule has 0 aromatic carbocycles. The second kappa shape index (κ2) is 58.9. The second-order valence-electron chi connectivity index (χ2n) is 24.0. The van der Waals surface area contributed by atoms with Gasteiger partial charge < -0.3 is 28.5 Å². The van der Waals surface area contributed by atoms with Gasteiger partial charge in [0, 0.05) is 12.8 Å². The van der Waals surface area contributed by atoms with Crippen LogP contribution in [0.1, 0.15) is 316 Å². The van der Waals surface area contributed by atoms with Gasteiger partial charge in [-0.2, -0.15) is 0 Å². The highest BCUT2D eigenvalue weighted by Gasteiger charge is 2.27. The topological polar surface area (TPSA) is 114 Å². The van der Waals surface area contributed by atoms with Crippen LogP contribution in [0.2, 0.25) is 0 Å². The molecule has 0 aliphatic carbocycles. The van der Waals surface area contributed by atoms with Crippen molar-refractivity contribution in [3.8, 4) is 0 Å². The highest BCUT2D eigenvalue weighted by Crippen LogP contribution is 2.38. The molecule has 0 saturated carbocycles. The van der Waals surface area contributed by atoms with Crippen LogP contribution in [-0.2, 0) is 27.9 Å². The van der Waals surface area contributed by atoms with Crippen molar-refractivity contribution in [1.82, 2.24) is 5.32 Å². The summed E-state index contributed by atoms with van der Waals surface area (Å²) < 4.78 is 30.4. The molecular weight excluding hydrogens is 1000 g/mol. The maximum absolute atomic E-state index is 13.5. The molecule has 0 bridgehead atoms. The fourth-order valence-corrected chi connectivity index (χ4v) is 10.4. The lowest BCUT2D eigenvalue weighted by atomic mass is 10.0. The molecule has 0 saturated heterocycles. The number of phosphoric acid groups is 1. The first kappa shape index (κ1) is 76.7. The summed E-state index contributed by atoms with van der Waals surface area (Å²) >= 11 is 0. The van der Waals surface area contributed by atoms with Crippen LogP contribution in [-0.4, -0.2) is 69.4 Å². The van der Waals surface area contributed by atoms with Crippen molar-refractivity contribution >= 4 is 19.7 Å². The Balaban J connectivity index is 5.11. The lowest BCUT2D eigenvalue weighted by Gasteiger charge is -2.30. The predicted octanol–water partition coefficient (Wildman–Crippen LogP) is 20.4. The molecule has 10 heteroatoms. The Morgan fingerprint density at radius 2 is 0.810 bits per heavy atom.